The third-order valence-corrected chi connectivity index (χ3v) is 5.26. The first kappa shape index (κ1) is 17.0. The molecular formula is C19H25N5O2. The Morgan fingerprint density at radius 1 is 1.15 bits per heavy atom. The van der Waals surface area contributed by atoms with Gasteiger partial charge in [-0.15, -0.1) is 10.2 Å². The van der Waals surface area contributed by atoms with Crippen LogP contribution in [0, 0.1) is 0 Å². The van der Waals surface area contributed by atoms with Crippen LogP contribution < -0.4 is 4.74 Å². The highest BCUT2D eigenvalue weighted by atomic mass is 16.5. The molecule has 3 heterocycles. The van der Waals surface area contributed by atoms with E-state index >= 15 is 0 Å². The zero-order valence-electron chi connectivity index (χ0n) is 15.2. The number of hydrogen-bond donors (Lipinski definition) is 0. The maximum atomic E-state index is 12.7. The molecule has 1 aromatic heterocycles. The number of hydrogen-bond acceptors (Lipinski definition) is 5. The number of aromatic nitrogens is 3. The Hall–Kier alpha value is -2.41. The van der Waals surface area contributed by atoms with Crippen LogP contribution in [0.15, 0.2) is 30.3 Å². The quantitative estimate of drug-likeness (QED) is 0.832. The number of amides is 1. The van der Waals surface area contributed by atoms with Gasteiger partial charge in [0, 0.05) is 32.6 Å². The molecule has 1 amide bonds. The summed E-state index contributed by atoms with van der Waals surface area (Å²) in [6, 6.07) is 9.47. The van der Waals surface area contributed by atoms with Gasteiger partial charge in [0.1, 0.15) is 11.6 Å². The van der Waals surface area contributed by atoms with Crippen LogP contribution in [-0.2, 0) is 17.8 Å². The summed E-state index contributed by atoms with van der Waals surface area (Å²) in [5.74, 6) is 2.69. The summed E-state index contributed by atoms with van der Waals surface area (Å²) in [6.45, 7) is 3.67. The van der Waals surface area contributed by atoms with E-state index in [1.165, 1.54) is 0 Å². The number of benzene rings is 1. The second-order valence-electron chi connectivity index (χ2n) is 7.03. The monoisotopic (exact) mass is 355 g/mol. The van der Waals surface area contributed by atoms with Crippen LogP contribution in [0.5, 0.6) is 5.75 Å². The van der Waals surface area contributed by atoms with Gasteiger partial charge in [-0.3, -0.25) is 4.79 Å². The molecule has 0 bridgehead atoms. The average Bonchev–Trinajstić information content (AvgIpc) is 3.26. The van der Waals surface area contributed by atoms with Crippen molar-refractivity contribution in [2.45, 2.75) is 31.8 Å². The Morgan fingerprint density at radius 3 is 2.85 bits per heavy atom. The van der Waals surface area contributed by atoms with Crippen molar-refractivity contribution in [2.24, 2.45) is 0 Å². The van der Waals surface area contributed by atoms with Gasteiger partial charge < -0.3 is 19.1 Å². The summed E-state index contributed by atoms with van der Waals surface area (Å²) in [5, 5.41) is 8.86. The van der Waals surface area contributed by atoms with Crippen LogP contribution in [0.2, 0.25) is 0 Å². The standard InChI is InChI=1S/C19H25N5O2/c1-22-11-9-17-20-21-19(24(17)13-12-22)16-8-5-10-23(16)18(25)14-26-15-6-3-2-4-7-15/h2-4,6-7,16H,5,8-14H2,1H3/t16-/m0/s1. The number of carbonyl (C=O) groups excluding carboxylic acids is 1. The molecule has 0 unspecified atom stereocenters. The van der Waals surface area contributed by atoms with Gasteiger partial charge in [-0.05, 0) is 32.0 Å². The molecule has 0 spiro atoms. The molecular weight excluding hydrogens is 330 g/mol. The Bertz CT molecular complexity index is 761. The summed E-state index contributed by atoms with van der Waals surface area (Å²) >= 11 is 0. The minimum absolute atomic E-state index is 0.00605. The van der Waals surface area contributed by atoms with Gasteiger partial charge in [0.25, 0.3) is 5.91 Å². The first-order valence-electron chi connectivity index (χ1n) is 9.30. The third kappa shape index (κ3) is 3.44. The Kier molecular flexibility index (Phi) is 4.88. The third-order valence-electron chi connectivity index (χ3n) is 5.26. The highest BCUT2D eigenvalue weighted by Crippen LogP contribution is 2.31. The van der Waals surface area contributed by atoms with E-state index in [-0.39, 0.29) is 18.6 Å². The van der Waals surface area contributed by atoms with E-state index in [1.807, 2.05) is 35.2 Å². The first-order chi connectivity index (χ1) is 12.7. The fraction of sp³-hybridized carbons (Fsp3) is 0.526. The van der Waals surface area contributed by atoms with E-state index in [0.29, 0.717) is 0 Å². The van der Waals surface area contributed by atoms with Crippen molar-refractivity contribution >= 4 is 5.91 Å². The van der Waals surface area contributed by atoms with E-state index < -0.39 is 0 Å². The molecule has 1 fully saturated rings. The molecule has 138 valence electrons. The lowest BCUT2D eigenvalue weighted by atomic mass is 10.2. The molecule has 7 heteroatoms. The van der Waals surface area contributed by atoms with Gasteiger partial charge in [-0.25, -0.2) is 0 Å². The lowest BCUT2D eigenvalue weighted by molar-refractivity contribution is -0.134. The molecule has 2 aliphatic heterocycles. The zero-order valence-corrected chi connectivity index (χ0v) is 15.2. The Balaban J connectivity index is 1.47. The van der Waals surface area contributed by atoms with Gasteiger partial charge in [-0.1, -0.05) is 18.2 Å². The lowest BCUT2D eigenvalue weighted by Crippen LogP contribution is -2.35. The molecule has 1 saturated heterocycles. The van der Waals surface area contributed by atoms with Crippen LogP contribution in [0.4, 0.5) is 0 Å². The predicted octanol–water partition coefficient (Wildman–Crippen LogP) is 1.51. The number of likely N-dealkylation sites (tertiary alicyclic amines) is 1. The molecule has 4 rings (SSSR count). The van der Waals surface area contributed by atoms with Crippen molar-refractivity contribution in [3.05, 3.63) is 42.0 Å². The Morgan fingerprint density at radius 2 is 2.00 bits per heavy atom. The van der Waals surface area contributed by atoms with Gasteiger partial charge in [-0.2, -0.15) is 0 Å². The molecule has 1 aromatic carbocycles. The number of likely N-dealkylation sites (N-methyl/N-ethyl adjacent to an activating group) is 1. The molecule has 2 aliphatic rings. The topological polar surface area (TPSA) is 63.5 Å². The van der Waals surface area contributed by atoms with Crippen LogP contribution in [0.25, 0.3) is 0 Å². The van der Waals surface area contributed by atoms with E-state index in [9.17, 15) is 4.79 Å². The highest BCUT2D eigenvalue weighted by Gasteiger charge is 2.34. The Labute approximate surface area is 153 Å². The minimum atomic E-state index is 0.00605. The molecule has 0 aliphatic carbocycles. The fourth-order valence-corrected chi connectivity index (χ4v) is 3.78. The van der Waals surface area contributed by atoms with Crippen molar-refractivity contribution in [3.63, 3.8) is 0 Å². The smallest absolute Gasteiger partial charge is 0.261 e. The summed E-state index contributed by atoms with van der Waals surface area (Å²) in [5.41, 5.74) is 0. The number of nitrogens with zero attached hydrogens (tertiary/aromatic N) is 5. The summed E-state index contributed by atoms with van der Waals surface area (Å²) in [7, 11) is 2.13. The van der Waals surface area contributed by atoms with Gasteiger partial charge in [0.15, 0.2) is 12.4 Å². The summed E-state index contributed by atoms with van der Waals surface area (Å²) < 4.78 is 7.87. The highest BCUT2D eigenvalue weighted by molar-refractivity contribution is 5.78. The molecule has 0 saturated carbocycles. The van der Waals surface area contributed by atoms with Crippen LogP contribution in [-0.4, -0.2) is 63.8 Å². The number of para-hydroxylation sites is 1. The van der Waals surface area contributed by atoms with E-state index in [0.717, 1.165) is 62.8 Å². The average molecular weight is 355 g/mol. The summed E-state index contributed by atoms with van der Waals surface area (Å²) in [4.78, 5) is 17.0. The second kappa shape index (κ2) is 7.45. The van der Waals surface area contributed by atoms with Crippen LogP contribution >= 0.6 is 0 Å². The summed E-state index contributed by atoms with van der Waals surface area (Å²) in [6.07, 6.45) is 2.83. The number of ether oxygens (including phenoxy) is 1. The van der Waals surface area contributed by atoms with E-state index in [4.69, 9.17) is 4.74 Å². The van der Waals surface area contributed by atoms with Crippen molar-refractivity contribution in [1.82, 2.24) is 24.6 Å². The van der Waals surface area contributed by atoms with Crippen molar-refractivity contribution < 1.29 is 9.53 Å². The van der Waals surface area contributed by atoms with Crippen molar-refractivity contribution in [3.8, 4) is 5.75 Å². The maximum Gasteiger partial charge on any atom is 0.261 e. The molecule has 1 atom stereocenters. The molecule has 26 heavy (non-hydrogen) atoms. The van der Waals surface area contributed by atoms with Crippen molar-refractivity contribution in [2.75, 3.05) is 33.3 Å². The van der Waals surface area contributed by atoms with Gasteiger partial charge >= 0.3 is 0 Å². The lowest BCUT2D eigenvalue weighted by Gasteiger charge is -2.25. The fourth-order valence-electron chi connectivity index (χ4n) is 3.78. The number of rotatable bonds is 4. The van der Waals surface area contributed by atoms with Crippen LogP contribution in [0.3, 0.4) is 0 Å². The van der Waals surface area contributed by atoms with E-state index in [1.54, 1.807) is 0 Å². The maximum absolute atomic E-state index is 12.7. The number of fused-ring (bicyclic) bond motifs is 1. The predicted molar refractivity (Wildman–Crippen MR) is 96.8 cm³/mol. The van der Waals surface area contributed by atoms with E-state index in [2.05, 4.69) is 26.7 Å². The van der Waals surface area contributed by atoms with Crippen LogP contribution in [0.1, 0.15) is 30.5 Å². The van der Waals surface area contributed by atoms with Crippen molar-refractivity contribution in [1.29, 1.82) is 0 Å². The first-order valence-corrected chi connectivity index (χ1v) is 9.30. The number of carbonyl (C=O) groups is 1. The SMILES string of the molecule is CN1CCc2nnc([C@@H]3CCCN3C(=O)COc3ccccc3)n2CC1. The van der Waals surface area contributed by atoms with Gasteiger partial charge in [0.2, 0.25) is 0 Å². The largest absolute Gasteiger partial charge is 0.484 e. The van der Waals surface area contributed by atoms with Gasteiger partial charge in [0.05, 0.1) is 6.04 Å². The normalized spacial score (nSPS) is 20.7. The molecule has 2 aromatic rings. The second-order valence-corrected chi connectivity index (χ2v) is 7.03. The molecule has 7 nitrogen and oxygen atoms in total. The molecule has 0 N–H and O–H groups in total. The molecule has 0 radical (unpaired) electrons. The zero-order chi connectivity index (χ0) is 17.9. The minimum Gasteiger partial charge on any atom is -0.484 e.